The van der Waals surface area contributed by atoms with Gasteiger partial charge in [0.2, 0.25) is 0 Å². The molecule has 0 aliphatic heterocycles. The van der Waals surface area contributed by atoms with Crippen LogP contribution in [0.25, 0.3) is 0 Å². The number of carbonyl (C=O) groups excluding carboxylic acids is 1. The number of furan rings is 1. The molecular formula is C18H26N2O2S. The molecule has 2 aliphatic rings. The van der Waals surface area contributed by atoms with Crippen molar-refractivity contribution in [1.82, 2.24) is 10.2 Å². The molecule has 0 radical (unpaired) electrons. The zero-order valence-corrected chi connectivity index (χ0v) is 14.4. The number of rotatable bonds is 3. The van der Waals surface area contributed by atoms with Crippen LogP contribution in [0.2, 0.25) is 0 Å². The average Bonchev–Trinajstić information content (AvgIpc) is 3.12. The summed E-state index contributed by atoms with van der Waals surface area (Å²) in [5.41, 5.74) is 0. The van der Waals surface area contributed by atoms with Crippen LogP contribution in [0.4, 0.5) is 0 Å². The summed E-state index contributed by atoms with van der Waals surface area (Å²) in [6.45, 7) is 0. The van der Waals surface area contributed by atoms with Crippen molar-refractivity contribution >= 4 is 23.2 Å². The summed E-state index contributed by atoms with van der Waals surface area (Å²) < 4.78 is 5.18. The summed E-state index contributed by atoms with van der Waals surface area (Å²) in [4.78, 5) is 14.6. The maximum absolute atomic E-state index is 12.3. The number of carbonyl (C=O) groups is 1. The minimum absolute atomic E-state index is 0.239. The molecule has 0 atom stereocenters. The molecule has 1 heterocycles. The van der Waals surface area contributed by atoms with Crippen LogP contribution in [0, 0.1) is 0 Å². The van der Waals surface area contributed by atoms with Gasteiger partial charge >= 0.3 is 0 Å². The van der Waals surface area contributed by atoms with Gasteiger partial charge < -0.3 is 9.32 Å². The Bertz CT molecular complexity index is 499. The lowest BCUT2D eigenvalue weighted by Crippen LogP contribution is -2.53. The van der Waals surface area contributed by atoms with E-state index in [9.17, 15) is 4.79 Å². The Morgan fingerprint density at radius 1 is 1.04 bits per heavy atom. The van der Waals surface area contributed by atoms with Gasteiger partial charge in [-0.1, -0.05) is 38.5 Å². The molecule has 0 aromatic carbocycles. The predicted molar refractivity (Wildman–Crippen MR) is 94.4 cm³/mol. The van der Waals surface area contributed by atoms with Crippen molar-refractivity contribution in [3.8, 4) is 0 Å². The first-order valence-corrected chi connectivity index (χ1v) is 9.33. The van der Waals surface area contributed by atoms with Crippen LogP contribution in [0.3, 0.4) is 0 Å². The Balaban J connectivity index is 1.70. The number of nitrogens with one attached hydrogen (secondary N) is 1. The zero-order chi connectivity index (χ0) is 16.1. The summed E-state index contributed by atoms with van der Waals surface area (Å²) >= 11 is 5.64. The highest BCUT2D eigenvalue weighted by Gasteiger charge is 2.31. The lowest BCUT2D eigenvalue weighted by atomic mass is 9.89. The molecule has 0 unspecified atom stereocenters. The first kappa shape index (κ1) is 16.5. The third-order valence-electron chi connectivity index (χ3n) is 5.14. The van der Waals surface area contributed by atoms with Crippen LogP contribution in [0.1, 0.15) is 74.8 Å². The second kappa shape index (κ2) is 7.95. The van der Waals surface area contributed by atoms with Gasteiger partial charge in [0, 0.05) is 12.1 Å². The van der Waals surface area contributed by atoms with Gasteiger partial charge in [-0.3, -0.25) is 10.1 Å². The van der Waals surface area contributed by atoms with E-state index in [-0.39, 0.29) is 5.91 Å². The van der Waals surface area contributed by atoms with Crippen molar-refractivity contribution in [3.63, 3.8) is 0 Å². The van der Waals surface area contributed by atoms with E-state index < -0.39 is 0 Å². The van der Waals surface area contributed by atoms with Crippen molar-refractivity contribution in [2.75, 3.05) is 0 Å². The van der Waals surface area contributed by atoms with Crippen molar-refractivity contribution in [3.05, 3.63) is 24.2 Å². The van der Waals surface area contributed by atoms with E-state index in [1.165, 1.54) is 70.5 Å². The summed E-state index contributed by atoms with van der Waals surface area (Å²) in [6, 6.07) is 4.36. The fraction of sp³-hybridized carbons (Fsp3) is 0.667. The van der Waals surface area contributed by atoms with E-state index in [0.717, 1.165) is 0 Å². The fourth-order valence-corrected chi connectivity index (χ4v) is 4.37. The summed E-state index contributed by atoms with van der Waals surface area (Å²) in [5.74, 6) is 0.0798. The van der Waals surface area contributed by atoms with E-state index in [1.807, 2.05) is 0 Å². The number of nitrogens with zero attached hydrogens (tertiary/aromatic N) is 1. The highest BCUT2D eigenvalue weighted by Crippen LogP contribution is 2.30. The monoisotopic (exact) mass is 334 g/mol. The normalized spacial score (nSPS) is 20.2. The molecule has 1 aromatic rings. The Morgan fingerprint density at radius 2 is 1.61 bits per heavy atom. The van der Waals surface area contributed by atoms with Gasteiger partial charge in [-0.05, 0) is 50.0 Å². The van der Waals surface area contributed by atoms with Gasteiger partial charge in [0.25, 0.3) is 5.91 Å². The Labute approximate surface area is 143 Å². The maximum atomic E-state index is 12.3. The Hall–Kier alpha value is -1.36. The van der Waals surface area contributed by atoms with Gasteiger partial charge in [-0.25, -0.2) is 0 Å². The lowest BCUT2D eigenvalue weighted by molar-refractivity contribution is 0.0934. The molecule has 0 spiro atoms. The van der Waals surface area contributed by atoms with Gasteiger partial charge in [-0.15, -0.1) is 0 Å². The first-order chi connectivity index (χ1) is 11.3. The molecule has 23 heavy (non-hydrogen) atoms. The van der Waals surface area contributed by atoms with Crippen LogP contribution >= 0.6 is 12.2 Å². The van der Waals surface area contributed by atoms with E-state index in [4.69, 9.17) is 16.6 Å². The molecule has 1 N–H and O–H groups in total. The van der Waals surface area contributed by atoms with Crippen LogP contribution in [0.5, 0.6) is 0 Å². The van der Waals surface area contributed by atoms with Crippen LogP contribution in [-0.2, 0) is 0 Å². The minimum atomic E-state index is -0.239. The number of thiocarbonyl (C=S) groups is 1. The van der Waals surface area contributed by atoms with E-state index >= 15 is 0 Å². The fourth-order valence-electron chi connectivity index (χ4n) is 3.98. The smallest absolute Gasteiger partial charge is 0.293 e. The van der Waals surface area contributed by atoms with Crippen molar-refractivity contribution in [2.45, 2.75) is 76.3 Å². The molecule has 3 rings (SSSR count). The van der Waals surface area contributed by atoms with E-state index in [0.29, 0.717) is 23.0 Å². The quantitative estimate of drug-likeness (QED) is 0.839. The van der Waals surface area contributed by atoms with Gasteiger partial charge in [0.1, 0.15) is 0 Å². The highest BCUT2D eigenvalue weighted by molar-refractivity contribution is 7.80. The predicted octanol–water partition coefficient (Wildman–Crippen LogP) is 4.26. The van der Waals surface area contributed by atoms with Gasteiger partial charge in [0.05, 0.1) is 6.26 Å². The Kier molecular flexibility index (Phi) is 5.70. The standard InChI is InChI=1S/C18H26N2O2S/c21-17(16-12-7-13-22-16)19-18(23)20(14-8-3-1-4-9-14)15-10-5-2-6-11-15/h7,12-15H,1-6,8-11H2,(H,19,21,23). The maximum Gasteiger partial charge on any atom is 0.293 e. The number of hydrogen-bond acceptors (Lipinski definition) is 3. The zero-order valence-electron chi connectivity index (χ0n) is 13.6. The third kappa shape index (κ3) is 4.14. The second-order valence-corrected chi connectivity index (χ2v) is 7.11. The summed E-state index contributed by atoms with van der Waals surface area (Å²) in [6.07, 6.45) is 14.0. The second-order valence-electron chi connectivity index (χ2n) is 6.73. The lowest BCUT2D eigenvalue weighted by Gasteiger charge is -2.43. The molecule has 0 bridgehead atoms. The molecule has 0 saturated heterocycles. The van der Waals surface area contributed by atoms with Crippen LogP contribution in [0.15, 0.2) is 22.8 Å². The van der Waals surface area contributed by atoms with E-state index in [2.05, 4.69) is 10.2 Å². The molecule has 2 saturated carbocycles. The average molecular weight is 334 g/mol. The molecule has 126 valence electrons. The molecular weight excluding hydrogens is 308 g/mol. The molecule has 1 aromatic heterocycles. The number of hydrogen-bond donors (Lipinski definition) is 1. The molecule has 4 nitrogen and oxygen atoms in total. The SMILES string of the molecule is O=C(NC(=S)N(C1CCCCC1)C1CCCCC1)c1ccco1. The topological polar surface area (TPSA) is 45.5 Å². The molecule has 1 amide bonds. The largest absolute Gasteiger partial charge is 0.459 e. The Morgan fingerprint density at radius 3 is 2.09 bits per heavy atom. The third-order valence-corrected chi connectivity index (χ3v) is 5.45. The summed E-state index contributed by atoms with van der Waals surface area (Å²) in [5, 5.41) is 3.49. The molecule has 2 aliphatic carbocycles. The highest BCUT2D eigenvalue weighted by atomic mass is 32.1. The summed E-state index contributed by atoms with van der Waals surface area (Å²) in [7, 11) is 0. The molecule has 2 fully saturated rings. The van der Waals surface area contributed by atoms with Gasteiger partial charge in [-0.2, -0.15) is 0 Å². The molecule has 5 heteroatoms. The minimum Gasteiger partial charge on any atom is -0.459 e. The van der Waals surface area contributed by atoms with Crippen LogP contribution < -0.4 is 5.32 Å². The van der Waals surface area contributed by atoms with Crippen molar-refractivity contribution in [1.29, 1.82) is 0 Å². The van der Waals surface area contributed by atoms with Gasteiger partial charge in [0.15, 0.2) is 10.9 Å². The first-order valence-electron chi connectivity index (χ1n) is 8.93. The van der Waals surface area contributed by atoms with E-state index in [1.54, 1.807) is 12.1 Å². The number of amides is 1. The van der Waals surface area contributed by atoms with Crippen LogP contribution in [-0.4, -0.2) is 28.0 Å². The van der Waals surface area contributed by atoms with Crippen molar-refractivity contribution in [2.24, 2.45) is 0 Å². The van der Waals surface area contributed by atoms with Crippen molar-refractivity contribution < 1.29 is 9.21 Å².